The van der Waals surface area contributed by atoms with Gasteiger partial charge >= 0.3 is 6.61 Å². The van der Waals surface area contributed by atoms with E-state index in [1.54, 1.807) is 32.9 Å². The van der Waals surface area contributed by atoms with Crippen LogP contribution in [0.2, 0.25) is 0 Å². The average molecular weight is 354 g/mol. The molecule has 1 unspecified atom stereocenters. The number of alkyl halides is 2. The molecule has 0 fully saturated rings. The number of halogens is 3. The summed E-state index contributed by atoms with van der Waals surface area (Å²) in [6.07, 6.45) is 1.28. The van der Waals surface area contributed by atoms with E-state index in [0.717, 1.165) is 0 Å². The Balaban J connectivity index is 3.06. The zero-order chi connectivity index (χ0) is 14.6. The van der Waals surface area contributed by atoms with Crippen LogP contribution in [0.25, 0.3) is 0 Å². The highest BCUT2D eigenvalue weighted by atomic mass is 79.9. The van der Waals surface area contributed by atoms with Crippen molar-refractivity contribution in [1.82, 2.24) is 0 Å². The average Bonchev–Trinajstić information content (AvgIpc) is 2.25. The van der Waals surface area contributed by atoms with Gasteiger partial charge in [0.1, 0.15) is 16.7 Å². The maximum atomic E-state index is 12.3. The van der Waals surface area contributed by atoms with Crippen LogP contribution in [-0.2, 0) is 11.0 Å². The van der Waals surface area contributed by atoms with Gasteiger partial charge in [-0.05, 0) is 48.8 Å². The summed E-state index contributed by atoms with van der Waals surface area (Å²) in [5.41, 5.74) is 0.334. The molecule has 1 atom stereocenters. The van der Waals surface area contributed by atoms with E-state index in [0.29, 0.717) is 10.0 Å². The Morgan fingerprint density at radius 1 is 1.42 bits per heavy atom. The number of rotatable bonds is 4. The third kappa shape index (κ3) is 4.99. The minimum Gasteiger partial charge on any atom is -0.434 e. The van der Waals surface area contributed by atoms with Gasteiger partial charge in [-0.2, -0.15) is 13.2 Å². The van der Waals surface area contributed by atoms with Gasteiger partial charge in [-0.1, -0.05) is 6.07 Å². The van der Waals surface area contributed by atoms with Crippen LogP contribution in [0.15, 0.2) is 27.1 Å². The highest BCUT2D eigenvalue weighted by molar-refractivity contribution is 9.10. The molecule has 0 aliphatic heterocycles. The van der Waals surface area contributed by atoms with Crippen molar-refractivity contribution in [1.29, 1.82) is 0 Å². The van der Waals surface area contributed by atoms with E-state index in [2.05, 4.69) is 25.1 Å². The van der Waals surface area contributed by atoms with Gasteiger partial charge in [0.15, 0.2) is 0 Å². The summed E-state index contributed by atoms with van der Waals surface area (Å²) in [5.74, 6) is -0.0148. The number of hydrogen-bond donors (Lipinski definition) is 0. The Morgan fingerprint density at radius 2 is 2.05 bits per heavy atom. The highest BCUT2D eigenvalue weighted by Crippen LogP contribution is 2.27. The van der Waals surface area contributed by atoms with E-state index in [-0.39, 0.29) is 5.75 Å². The summed E-state index contributed by atoms with van der Waals surface area (Å²) >= 11 is 3.22. The molecular weight excluding hydrogens is 340 g/mol. The predicted octanol–water partition coefficient (Wildman–Crippen LogP) is 3.93. The number of hydrogen-bond acceptors (Lipinski definition) is 2. The van der Waals surface area contributed by atoms with E-state index < -0.39 is 22.3 Å². The molecule has 0 spiro atoms. The summed E-state index contributed by atoms with van der Waals surface area (Å²) < 4.78 is 44.7. The fourth-order valence-electron chi connectivity index (χ4n) is 1.10. The molecule has 0 saturated carbocycles. The summed E-state index contributed by atoms with van der Waals surface area (Å²) in [4.78, 5) is 0. The SMILES string of the molecule is CC(C)(C)S(=O)/N=C/c1c(Br)cccc1OC(F)F. The second-order valence-electron chi connectivity index (χ2n) is 4.63. The summed E-state index contributed by atoms with van der Waals surface area (Å²) in [7, 11) is -1.46. The zero-order valence-corrected chi connectivity index (χ0v) is 13.1. The van der Waals surface area contributed by atoms with Crippen molar-refractivity contribution in [2.24, 2.45) is 4.40 Å². The van der Waals surface area contributed by atoms with Gasteiger partial charge in [0.25, 0.3) is 0 Å². The van der Waals surface area contributed by atoms with Crippen LogP contribution in [-0.4, -0.2) is 21.8 Å². The lowest BCUT2D eigenvalue weighted by Gasteiger charge is -2.13. The van der Waals surface area contributed by atoms with Gasteiger partial charge in [0, 0.05) is 10.7 Å². The summed E-state index contributed by atoms with van der Waals surface area (Å²) in [6.45, 7) is 2.40. The molecule has 3 nitrogen and oxygen atoms in total. The lowest BCUT2D eigenvalue weighted by molar-refractivity contribution is -0.0499. The van der Waals surface area contributed by atoms with E-state index in [1.807, 2.05) is 0 Å². The lowest BCUT2D eigenvalue weighted by atomic mass is 10.2. The molecule has 0 radical (unpaired) electrons. The topological polar surface area (TPSA) is 38.7 Å². The molecule has 1 rings (SSSR count). The Morgan fingerprint density at radius 3 is 2.58 bits per heavy atom. The maximum absolute atomic E-state index is 12.3. The molecule has 1 aromatic rings. The molecule has 106 valence electrons. The second-order valence-corrected chi connectivity index (χ2v) is 7.41. The van der Waals surface area contributed by atoms with Crippen LogP contribution in [0.3, 0.4) is 0 Å². The Hall–Kier alpha value is -0.820. The van der Waals surface area contributed by atoms with Gasteiger partial charge in [0.05, 0.1) is 10.3 Å². The third-order valence-electron chi connectivity index (χ3n) is 2.03. The Labute approximate surface area is 121 Å². The van der Waals surface area contributed by atoms with Gasteiger partial charge in [-0.25, -0.2) is 4.21 Å². The van der Waals surface area contributed by atoms with Gasteiger partial charge in [0.2, 0.25) is 0 Å². The van der Waals surface area contributed by atoms with Crippen molar-refractivity contribution in [3.05, 3.63) is 28.2 Å². The fraction of sp³-hybridized carbons (Fsp3) is 0.417. The molecule has 1 aromatic carbocycles. The standard InChI is InChI=1S/C12H14BrF2NO2S/c1-12(2,3)19(17)16-7-8-9(13)5-4-6-10(8)18-11(14)15/h4-7,11H,1-3H3/b16-7+. The minimum absolute atomic E-state index is 0.0148. The smallest absolute Gasteiger partial charge is 0.387 e. The quantitative estimate of drug-likeness (QED) is 0.769. The van der Waals surface area contributed by atoms with E-state index >= 15 is 0 Å². The molecule has 0 aromatic heterocycles. The first-order valence-electron chi connectivity index (χ1n) is 5.41. The molecule has 19 heavy (non-hydrogen) atoms. The molecule has 0 saturated heterocycles. The normalized spacial score (nSPS) is 14.1. The fourth-order valence-corrected chi connectivity index (χ4v) is 2.07. The van der Waals surface area contributed by atoms with Crippen molar-refractivity contribution in [3.8, 4) is 5.75 Å². The molecule has 0 amide bonds. The number of benzene rings is 1. The molecule has 7 heteroatoms. The van der Waals surface area contributed by atoms with E-state index in [1.165, 1.54) is 12.3 Å². The number of nitrogens with zero attached hydrogens (tertiary/aromatic N) is 1. The zero-order valence-electron chi connectivity index (χ0n) is 10.7. The van der Waals surface area contributed by atoms with Gasteiger partial charge in [-0.15, -0.1) is 0 Å². The molecule has 0 heterocycles. The maximum Gasteiger partial charge on any atom is 0.387 e. The van der Waals surface area contributed by atoms with Crippen LogP contribution in [0.1, 0.15) is 26.3 Å². The Bertz CT molecular complexity index is 501. The van der Waals surface area contributed by atoms with Crippen molar-refractivity contribution in [2.45, 2.75) is 32.1 Å². The van der Waals surface area contributed by atoms with Crippen molar-refractivity contribution < 1.29 is 17.7 Å². The minimum atomic E-state index is -2.92. The Kier molecular flexibility index (Phi) is 5.61. The van der Waals surface area contributed by atoms with Crippen molar-refractivity contribution in [2.75, 3.05) is 0 Å². The van der Waals surface area contributed by atoms with Crippen molar-refractivity contribution >= 4 is 33.1 Å². The summed E-state index contributed by atoms with van der Waals surface area (Å²) in [6, 6.07) is 4.64. The molecule has 0 bridgehead atoms. The molecular formula is C12H14BrF2NO2S. The number of ether oxygens (including phenoxy) is 1. The first kappa shape index (κ1) is 16.2. The predicted molar refractivity (Wildman–Crippen MR) is 76.3 cm³/mol. The van der Waals surface area contributed by atoms with Crippen LogP contribution < -0.4 is 4.74 Å². The summed E-state index contributed by atoms with van der Waals surface area (Å²) in [5, 5.41) is 0. The van der Waals surface area contributed by atoms with Crippen LogP contribution in [0.4, 0.5) is 8.78 Å². The molecule has 0 aliphatic rings. The first-order chi connectivity index (χ1) is 8.71. The monoisotopic (exact) mass is 353 g/mol. The lowest BCUT2D eigenvalue weighted by Crippen LogP contribution is -2.19. The molecule has 0 N–H and O–H groups in total. The molecule has 0 aliphatic carbocycles. The van der Waals surface area contributed by atoms with Crippen LogP contribution in [0, 0.1) is 0 Å². The van der Waals surface area contributed by atoms with Gasteiger partial charge < -0.3 is 4.74 Å². The van der Waals surface area contributed by atoms with E-state index in [4.69, 9.17) is 0 Å². The largest absolute Gasteiger partial charge is 0.434 e. The van der Waals surface area contributed by atoms with Gasteiger partial charge in [-0.3, -0.25) is 0 Å². The van der Waals surface area contributed by atoms with Crippen LogP contribution >= 0.6 is 15.9 Å². The van der Waals surface area contributed by atoms with Crippen molar-refractivity contribution in [3.63, 3.8) is 0 Å². The first-order valence-corrected chi connectivity index (χ1v) is 7.31. The third-order valence-corrected chi connectivity index (χ3v) is 4.07. The van der Waals surface area contributed by atoms with Crippen LogP contribution in [0.5, 0.6) is 5.75 Å². The van der Waals surface area contributed by atoms with E-state index in [9.17, 15) is 13.0 Å². The highest BCUT2D eigenvalue weighted by Gasteiger charge is 2.19. The second kappa shape index (κ2) is 6.56.